The number of aliphatic hydroxyl groups excluding tert-OH is 1. The number of aromatic amines is 2. The largest absolute Gasteiger partial charge is 0.508 e. The molecule has 0 saturated carbocycles. The van der Waals surface area contributed by atoms with Crippen molar-refractivity contribution in [2.24, 2.45) is 0 Å². The summed E-state index contributed by atoms with van der Waals surface area (Å²) in [5.74, 6) is -3.29. The summed E-state index contributed by atoms with van der Waals surface area (Å²) >= 11 is 0. The number of ether oxygens (including phenoxy) is 1. The van der Waals surface area contributed by atoms with Gasteiger partial charge in [0.25, 0.3) is 5.56 Å². The maximum Gasteiger partial charge on any atom is 0.331 e. The van der Waals surface area contributed by atoms with Gasteiger partial charge in [-0.05, 0) is 42.2 Å². The minimum Gasteiger partial charge on any atom is -0.508 e. The summed E-state index contributed by atoms with van der Waals surface area (Å²) in [6.45, 7) is 1.74. The fraction of sp³-hybridized carbons (Fsp3) is 0.311. The van der Waals surface area contributed by atoms with Gasteiger partial charge in [0.15, 0.2) is 0 Å². The number of amides is 5. The number of para-hydroxylation sites is 1. The summed E-state index contributed by atoms with van der Waals surface area (Å²) in [4.78, 5) is 99.3. The number of phenolic OH excluding ortho intramolecular Hbond substituents is 1. The zero-order valence-electron chi connectivity index (χ0n) is 35.3. The molecule has 5 aromatic rings. The van der Waals surface area contributed by atoms with Crippen molar-refractivity contribution >= 4 is 40.6 Å². The standard InChI is InChI=1S/C45H49N9O11/c1-24(53(2)41(60)33-18-26-11-8-14-35(55)30(26)23-47-33)38(40(59)48-22-28-20-36(56)42(65-28)54-16-15-37(57)51-45(54)64)52-39(58)32(17-25-9-4-3-5-10-25)49-44(63)50-34(43(61)62)19-27-21-46-31-13-7-6-12-29(27)31/h3-16,21-22,24,32-34,36,38,42,46-47,55-56H,17-20,23H2,1-2H3,(H,48,59)(H,52,58)(H,61,62)(H2,49,50,63)(H,51,57,64)/b28-22-. The van der Waals surface area contributed by atoms with Gasteiger partial charge in [-0.15, -0.1) is 0 Å². The summed E-state index contributed by atoms with van der Waals surface area (Å²) < 4.78 is 6.75. The molecule has 5 amide bonds. The number of aromatic hydroxyl groups is 1. The molecule has 340 valence electrons. The number of fused-ring (bicyclic) bond motifs is 2. The van der Waals surface area contributed by atoms with E-state index in [9.17, 15) is 48.9 Å². The van der Waals surface area contributed by atoms with E-state index < -0.39 is 83.5 Å². The van der Waals surface area contributed by atoms with Crippen molar-refractivity contribution in [1.82, 2.24) is 46.0 Å². The second-order valence-electron chi connectivity index (χ2n) is 16.0. The number of urea groups is 1. The molecule has 2 aromatic heterocycles. The first kappa shape index (κ1) is 45.3. The highest BCUT2D eigenvalue weighted by Gasteiger charge is 2.38. The van der Waals surface area contributed by atoms with E-state index in [0.717, 1.165) is 39.5 Å². The number of aliphatic carboxylic acids is 1. The number of carboxylic acids is 1. The summed E-state index contributed by atoms with van der Waals surface area (Å²) in [6.07, 6.45) is 1.38. The number of aromatic nitrogens is 3. The van der Waals surface area contributed by atoms with E-state index in [4.69, 9.17) is 4.74 Å². The molecule has 7 rings (SSSR count). The van der Waals surface area contributed by atoms with Gasteiger partial charge in [0.2, 0.25) is 23.9 Å². The molecule has 0 aliphatic carbocycles. The van der Waals surface area contributed by atoms with Crippen molar-refractivity contribution in [3.8, 4) is 5.75 Å². The number of H-pyrrole nitrogens is 2. The normalized spacial score (nSPS) is 19.2. The van der Waals surface area contributed by atoms with Crippen LogP contribution in [-0.4, -0.2) is 108 Å². The third kappa shape index (κ3) is 10.6. The molecule has 3 aromatic carbocycles. The average molecular weight is 892 g/mol. The molecule has 65 heavy (non-hydrogen) atoms. The lowest BCUT2D eigenvalue weighted by molar-refractivity contribution is -0.139. The van der Waals surface area contributed by atoms with Crippen molar-refractivity contribution in [2.45, 2.75) is 81.7 Å². The number of aliphatic hydroxyl groups is 1. The van der Waals surface area contributed by atoms with E-state index in [1.54, 1.807) is 61.7 Å². The molecule has 7 atom stereocenters. The minimum absolute atomic E-state index is 0.0466. The Bertz CT molecular complexity index is 2730. The van der Waals surface area contributed by atoms with E-state index in [1.165, 1.54) is 11.9 Å². The zero-order valence-corrected chi connectivity index (χ0v) is 35.3. The molecule has 4 heterocycles. The summed E-state index contributed by atoms with van der Waals surface area (Å²) in [5, 5.41) is 45.5. The first-order chi connectivity index (χ1) is 31.2. The van der Waals surface area contributed by atoms with E-state index in [0.29, 0.717) is 16.7 Å². The van der Waals surface area contributed by atoms with Crippen LogP contribution >= 0.6 is 0 Å². The third-order valence-corrected chi connectivity index (χ3v) is 11.6. The number of hydrogen-bond acceptors (Lipinski definition) is 11. The van der Waals surface area contributed by atoms with Crippen LogP contribution in [0.2, 0.25) is 0 Å². The van der Waals surface area contributed by atoms with Gasteiger partial charge in [-0.1, -0.05) is 60.7 Å². The highest BCUT2D eigenvalue weighted by molar-refractivity contribution is 5.94. The average Bonchev–Trinajstić information content (AvgIpc) is 3.88. The van der Waals surface area contributed by atoms with E-state index in [1.807, 2.05) is 24.3 Å². The van der Waals surface area contributed by atoms with Gasteiger partial charge in [-0.25, -0.2) is 14.4 Å². The summed E-state index contributed by atoms with van der Waals surface area (Å²) in [5.41, 5.74) is 1.99. The van der Waals surface area contributed by atoms with Gasteiger partial charge in [-0.2, -0.15) is 0 Å². The Hall–Kier alpha value is -7.71. The van der Waals surface area contributed by atoms with Gasteiger partial charge in [0, 0.05) is 74.0 Å². The van der Waals surface area contributed by atoms with E-state index >= 15 is 0 Å². The van der Waals surface area contributed by atoms with Crippen molar-refractivity contribution in [1.29, 1.82) is 0 Å². The molecular formula is C45H49N9O11. The first-order valence-corrected chi connectivity index (χ1v) is 20.8. The topological polar surface area (TPSA) is 289 Å². The second kappa shape index (κ2) is 19.8. The first-order valence-electron chi connectivity index (χ1n) is 20.8. The molecule has 2 aliphatic rings. The molecule has 0 spiro atoms. The zero-order chi connectivity index (χ0) is 46.4. The molecule has 7 unspecified atom stereocenters. The van der Waals surface area contributed by atoms with Crippen molar-refractivity contribution in [3.05, 3.63) is 146 Å². The van der Waals surface area contributed by atoms with E-state index in [2.05, 4.69) is 36.6 Å². The Labute approximate surface area is 370 Å². The van der Waals surface area contributed by atoms with Crippen LogP contribution in [0.5, 0.6) is 5.75 Å². The number of hydrogen-bond donors (Lipinski definition) is 10. The lowest BCUT2D eigenvalue weighted by Gasteiger charge is -2.36. The second-order valence-corrected chi connectivity index (χ2v) is 16.0. The van der Waals surface area contributed by atoms with Crippen LogP contribution in [0.4, 0.5) is 4.79 Å². The van der Waals surface area contributed by atoms with Crippen LogP contribution in [-0.2, 0) is 49.7 Å². The molecule has 1 fully saturated rings. The maximum atomic E-state index is 14.4. The highest BCUT2D eigenvalue weighted by Crippen LogP contribution is 2.30. The molecule has 0 radical (unpaired) electrons. The number of carbonyl (C=O) groups is 5. The number of nitrogens with one attached hydrogen (secondary N) is 7. The predicted octanol–water partition coefficient (Wildman–Crippen LogP) is 0.614. The number of benzene rings is 3. The Morgan fingerprint density at radius 1 is 0.908 bits per heavy atom. The van der Waals surface area contributed by atoms with Crippen LogP contribution in [0, 0.1) is 0 Å². The maximum absolute atomic E-state index is 14.4. The molecule has 10 N–H and O–H groups in total. The van der Waals surface area contributed by atoms with Crippen molar-refractivity contribution < 1.29 is 44.0 Å². The molecule has 20 heteroatoms. The van der Waals surface area contributed by atoms with E-state index in [-0.39, 0.29) is 43.7 Å². The number of carbonyl (C=O) groups excluding carboxylic acids is 4. The van der Waals surface area contributed by atoms with Gasteiger partial charge in [0.05, 0.1) is 12.1 Å². The Morgan fingerprint density at radius 2 is 1.65 bits per heavy atom. The Morgan fingerprint density at radius 3 is 2.40 bits per heavy atom. The fourth-order valence-electron chi connectivity index (χ4n) is 7.97. The Kier molecular flexibility index (Phi) is 13.8. The molecule has 0 bridgehead atoms. The number of nitrogens with zero attached hydrogens (tertiary/aromatic N) is 2. The quantitative estimate of drug-likeness (QED) is 0.0693. The van der Waals surface area contributed by atoms with Crippen LogP contribution in [0.25, 0.3) is 10.9 Å². The van der Waals surface area contributed by atoms with Crippen LogP contribution < -0.4 is 37.8 Å². The van der Waals surface area contributed by atoms with Gasteiger partial charge >= 0.3 is 17.7 Å². The highest BCUT2D eigenvalue weighted by atomic mass is 16.5. The van der Waals surface area contributed by atoms with Gasteiger partial charge in [0.1, 0.15) is 35.7 Å². The fourth-order valence-corrected chi connectivity index (χ4v) is 7.97. The van der Waals surface area contributed by atoms with Crippen LogP contribution in [0.3, 0.4) is 0 Å². The number of likely N-dealkylation sites (N-methyl/N-ethyl adjacent to an activating group) is 1. The minimum atomic E-state index is -1.51. The van der Waals surface area contributed by atoms with Crippen molar-refractivity contribution in [3.63, 3.8) is 0 Å². The molecule has 2 aliphatic heterocycles. The van der Waals surface area contributed by atoms with Crippen LogP contribution in [0.1, 0.15) is 41.8 Å². The Balaban J connectivity index is 1.12. The summed E-state index contributed by atoms with van der Waals surface area (Å²) in [6, 6.07) is 15.0. The summed E-state index contributed by atoms with van der Waals surface area (Å²) in [7, 11) is 1.47. The third-order valence-electron chi connectivity index (χ3n) is 11.6. The lowest BCUT2D eigenvalue weighted by Crippen LogP contribution is -2.63. The number of phenols is 1. The van der Waals surface area contributed by atoms with Crippen molar-refractivity contribution in [2.75, 3.05) is 7.05 Å². The van der Waals surface area contributed by atoms with Crippen LogP contribution in [0.15, 0.2) is 113 Å². The van der Waals surface area contributed by atoms with Gasteiger partial charge < -0.3 is 56.5 Å². The SMILES string of the molecule is CC(C(NC(=O)C(Cc1ccccc1)NC(=O)NC(Cc1c[nH]c2ccccc12)C(=O)O)C(=O)N/C=C1/CC(O)C(n2ccc(=O)[nH]c2=O)O1)N(C)C(=O)C1Cc2cccc(O)c2CN1. The number of rotatable bonds is 15. The number of carboxylic acid groups (broad SMARTS) is 1. The lowest BCUT2D eigenvalue weighted by atomic mass is 9.94. The smallest absolute Gasteiger partial charge is 0.331 e. The van der Waals surface area contributed by atoms with Gasteiger partial charge in [-0.3, -0.25) is 28.7 Å². The molecule has 20 nitrogen and oxygen atoms in total. The molecule has 1 saturated heterocycles. The molecular weight excluding hydrogens is 843 g/mol. The monoisotopic (exact) mass is 891 g/mol. The predicted molar refractivity (Wildman–Crippen MR) is 234 cm³/mol.